The summed E-state index contributed by atoms with van der Waals surface area (Å²) in [4.78, 5) is 14.6. The minimum atomic E-state index is -0.199. The predicted octanol–water partition coefficient (Wildman–Crippen LogP) is 1.75. The Morgan fingerprint density at radius 2 is 2.30 bits per heavy atom. The van der Waals surface area contributed by atoms with Crippen LogP contribution in [0.3, 0.4) is 0 Å². The summed E-state index contributed by atoms with van der Waals surface area (Å²) in [5.41, 5.74) is 1.16. The van der Waals surface area contributed by atoms with Gasteiger partial charge in [0, 0.05) is 19.3 Å². The molecular weight excluding hydrogens is 254 g/mol. The lowest BCUT2D eigenvalue weighted by Gasteiger charge is -2.37. The molecule has 0 radical (unpaired) electrons. The lowest BCUT2D eigenvalue weighted by atomic mass is 10.0. The zero-order valence-electron chi connectivity index (χ0n) is 12.1. The second-order valence-corrected chi connectivity index (χ2v) is 5.92. The number of ether oxygens (including phenoxy) is 1. The van der Waals surface area contributed by atoms with Crippen LogP contribution in [-0.2, 0) is 16.1 Å². The summed E-state index contributed by atoms with van der Waals surface area (Å²) in [5.74, 6) is 0.191. The Kier molecular flexibility index (Phi) is 4.05. The molecule has 0 aromatic carbocycles. The first-order chi connectivity index (χ1) is 9.74. The number of carbonyl (C=O) groups is 1. The fourth-order valence-electron chi connectivity index (χ4n) is 3.22. The second-order valence-electron chi connectivity index (χ2n) is 5.92. The molecule has 5 heteroatoms. The summed E-state index contributed by atoms with van der Waals surface area (Å²) in [6, 6.07) is 0.264. The molecule has 0 unspecified atom stereocenters. The first-order valence-corrected chi connectivity index (χ1v) is 7.65. The first-order valence-electron chi connectivity index (χ1n) is 7.65. The molecule has 0 bridgehead atoms. The monoisotopic (exact) mass is 277 g/mol. The van der Waals surface area contributed by atoms with Crippen molar-refractivity contribution in [2.45, 2.75) is 57.7 Å². The van der Waals surface area contributed by atoms with Gasteiger partial charge < -0.3 is 9.64 Å². The molecule has 2 fully saturated rings. The maximum Gasteiger partial charge on any atom is 0.252 e. The molecule has 3 heterocycles. The fraction of sp³-hybridized carbons (Fsp3) is 0.733. The molecule has 5 nitrogen and oxygen atoms in total. The van der Waals surface area contributed by atoms with Gasteiger partial charge in [0.1, 0.15) is 6.10 Å². The third-order valence-corrected chi connectivity index (χ3v) is 4.28. The summed E-state index contributed by atoms with van der Waals surface area (Å²) in [7, 11) is 0. The molecule has 110 valence electrons. The van der Waals surface area contributed by atoms with Gasteiger partial charge in [-0.1, -0.05) is 0 Å². The minimum Gasteiger partial charge on any atom is -0.368 e. The van der Waals surface area contributed by atoms with Crippen LogP contribution in [0.15, 0.2) is 12.4 Å². The smallest absolute Gasteiger partial charge is 0.252 e. The van der Waals surface area contributed by atoms with Crippen LogP contribution in [0.5, 0.6) is 0 Å². The van der Waals surface area contributed by atoms with E-state index < -0.39 is 0 Å². The van der Waals surface area contributed by atoms with Gasteiger partial charge in [0.15, 0.2) is 0 Å². The molecule has 1 aromatic heterocycles. The number of piperidine rings is 1. The highest BCUT2D eigenvalue weighted by Gasteiger charge is 2.33. The summed E-state index contributed by atoms with van der Waals surface area (Å²) >= 11 is 0. The van der Waals surface area contributed by atoms with Crippen molar-refractivity contribution in [1.29, 1.82) is 0 Å². The quantitative estimate of drug-likeness (QED) is 0.845. The highest BCUT2D eigenvalue weighted by Crippen LogP contribution is 2.23. The third kappa shape index (κ3) is 2.87. The van der Waals surface area contributed by atoms with Crippen molar-refractivity contribution in [2.24, 2.45) is 0 Å². The Balaban J connectivity index is 1.68. The molecule has 20 heavy (non-hydrogen) atoms. The topological polar surface area (TPSA) is 47.4 Å². The fourth-order valence-corrected chi connectivity index (χ4v) is 3.22. The molecule has 1 aromatic rings. The molecule has 2 atom stereocenters. The Morgan fingerprint density at radius 3 is 3.00 bits per heavy atom. The van der Waals surface area contributed by atoms with E-state index in [9.17, 15) is 4.79 Å². The molecule has 0 spiro atoms. The van der Waals surface area contributed by atoms with Gasteiger partial charge in [-0.05, 0) is 44.6 Å². The van der Waals surface area contributed by atoms with Crippen LogP contribution in [0, 0.1) is 6.92 Å². The van der Waals surface area contributed by atoms with Crippen molar-refractivity contribution in [3.05, 3.63) is 18.0 Å². The van der Waals surface area contributed by atoms with E-state index >= 15 is 0 Å². The van der Waals surface area contributed by atoms with Crippen LogP contribution in [0.1, 0.15) is 37.7 Å². The van der Waals surface area contributed by atoms with Gasteiger partial charge in [-0.25, -0.2) is 0 Å². The number of carbonyl (C=O) groups excluding carboxylic acids is 1. The van der Waals surface area contributed by atoms with Gasteiger partial charge >= 0.3 is 0 Å². The van der Waals surface area contributed by atoms with Crippen molar-refractivity contribution in [2.75, 3.05) is 13.2 Å². The van der Waals surface area contributed by atoms with Crippen molar-refractivity contribution in [3.8, 4) is 0 Å². The highest BCUT2D eigenvalue weighted by atomic mass is 16.5. The summed E-state index contributed by atoms with van der Waals surface area (Å²) < 4.78 is 7.52. The molecule has 3 rings (SSSR count). The zero-order valence-corrected chi connectivity index (χ0v) is 12.1. The Morgan fingerprint density at radius 1 is 1.40 bits per heavy atom. The SMILES string of the molecule is Cc1cnn(C[C@@H]2CCCCN2C(=O)[C@H]2CCCO2)c1. The molecule has 2 aliphatic heterocycles. The number of hydrogen-bond donors (Lipinski definition) is 0. The predicted molar refractivity (Wildman–Crippen MR) is 75.3 cm³/mol. The van der Waals surface area contributed by atoms with Gasteiger partial charge in [-0.3, -0.25) is 9.48 Å². The van der Waals surface area contributed by atoms with E-state index in [2.05, 4.69) is 5.10 Å². The molecule has 0 aliphatic carbocycles. The number of aromatic nitrogens is 2. The molecule has 0 saturated carbocycles. The Bertz CT molecular complexity index is 465. The van der Waals surface area contributed by atoms with E-state index in [1.807, 2.05) is 28.9 Å². The average molecular weight is 277 g/mol. The standard InChI is InChI=1S/C15H23N3O2/c1-12-9-16-17(10-12)11-13-5-2-3-7-18(13)15(19)14-6-4-8-20-14/h9-10,13-14H,2-8,11H2,1H3/t13-,14+/m0/s1. The van der Waals surface area contributed by atoms with E-state index in [-0.39, 0.29) is 18.1 Å². The highest BCUT2D eigenvalue weighted by molar-refractivity contribution is 5.81. The van der Waals surface area contributed by atoms with Crippen molar-refractivity contribution < 1.29 is 9.53 Å². The van der Waals surface area contributed by atoms with E-state index in [4.69, 9.17) is 4.74 Å². The molecule has 2 saturated heterocycles. The molecule has 0 N–H and O–H groups in total. The first kappa shape index (κ1) is 13.6. The molecular formula is C15H23N3O2. The van der Waals surface area contributed by atoms with Gasteiger partial charge in [-0.2, -0.15) is 5.10 Å². The maximum absolute atomic E-state index is 12.6. The Hall–Kier alpha value is -1.36. The van der Waals surface area contributed by atoms with Crippen LogP contribution in [0.4, 0.5) is 0 Å². The maximum atomic E-state index is 12.6. The van der Waals surface area contributed by atoms with Gasteiger partial charge in [0.25, 0.3) is 5.91 Å². The van der Waals surface area contributed by atoms with Gasteiger partial charge in [0.2, 0.25) is 0 Å². The van der Waals surface area contributed by atoms with Crippen LogP contribution in [0.2, 0.25) is 0 Å². The average Bonchev–Trinajstić information content (AvgIpc) is 3.10. The van der Waals surface area contributed by atoms with Crippen LogP contribution < -0.4 is 0 Å². The van der Waals surface area contributed by atoms with Gasteiger partial charge in [0.05, 0.1) is 18.8 Å². The van der Waals surface area contributed by atoms with Gasteiger partial charge in [-0.15, -0.1) is 0 Å². The normalized spacial score (nSPS) is 26.9. The van der Waals surface area contributed by atoms with Crippen LogP contribution in [-0.4, -0.2) is 45.9 Å². The number of hydrogen-bond acceptors (Lipinski definition) is 3. The summed E-state index contributed by atoms with van der Waals surface area (Å²) in [5, 5.41) is 4.35. The molecule has 1 amide bonds. The second kappa shape index (κ2) is 5.95. The van der Waals surface area contributed by atoms with Crippen molar-refractivity contribution in [3.63, 3.8) is 0 Å². The lowest BCUT2D eigenvalue weighted by molar-refractivity contribution is -0.145. The largest absolute Gasteiger partial charge is 0.368 e. The third-order valence-electron chi connectivity index (χ3n) is 4.28. The number of rotatable bonds is 3. The van der Waals surface area contributed by atoms with E-state index in [1.165, 1.54) is 6.42 Å². The van der Waals surface area contributed by atoms with Crippen molar-refractivity contribution in [1.82, 2.24) is 14.7 Å². The number of aryl methyl sites for hydroxylation is 1. The van der Waals surface area contributed by atoms with Crippen LogP contribution >= 0.6 is 0 Å². The lowest BCUT2D eigenvalue weighted by Crippen LogP contribution is -2.49. The van der Waals surface area contributed by atoms with Crippen molar-refractivity contribution >= 4 is 5.91 Å². The van der Waals surface area contributed by atoms with E-state index in [1.54, 1.807) is 0 Å². The Labute approximate surface area is 119 Å². The number of likely N-dealkylation sites (tertiary alicyclic amines) is 1. The summed E-state index contributed by atoms with van der Waals surface area (Å²) in [6.45, 7) is 4.43. The number of nitrogens with zero attached hydrogens (tertiary/aromatic N) is 3. The van der Waals surface area contributed by atoms with E-state index in [0.29, 0.717) is 0 Å². The van der Waals surface area contributed by atoms with Crippen LogP contribution in [0.25, 0.3) is 0 Å². The van der Waals surface area contributed by atoms with E-state index in [0.717, 1.165) is 50.9 Å². The minimum absolute atomic E-state index is 0.191. The summed E-state index contributed by atoms with van der Waals surface area (Å²) in [6.07, 6.45) is 8.97. The zero-order chi connectivity index (χ0) is 13.9. The molecule has 2 aliphatic rings. The number of amides is 1.